The summed E-state index contributed by atoms with van der Waals surface area (Å²) in [6, 6.07) is 9.89. The quantitative estimate of drug-likeness (QED) is 0.627. The molecule has 0 radical (unpaired) electrons. The molecule has 1 fully saturated rings. The Morgan fingerprint density at radius 3 is 2.72 bits per heavy atom. The molecule has 2 heterocycles. The van der Waals surface area contributed by atoms with Crippen molar-refractivity contribution in [2.75, 3.05) is 13.2 Å². The van der Waals surface area contributed by atoms with Gasteiger partial charge in [0.15, 0.2) is 6.61 Å². The number of rotatable bonds is 8. The van der Waals surface area contributed by atoms with Gasteiger partial charge >= 0.3 is 5.97 Å². The number of hydrogen-bond donors (Lipinski definition) is 2. The third-order valence-electron chi connectivity index (χ3n) is 3.77. The molecule has 0 atom stereocenters. The number of para-hydroxylation sites is 1. The number of carboxylic acids is 1. The van der Waals surface area contributed by atoms with Gasteiger partial charge in [0.1, 0.15) is 18.1 Å². The van der Waals surface area contributed by atoms with Crippen LogP contribution in [-0.2, 0) is 20.9 Å². The Bertz CT molecular complexity index is 969. The standard InChI is InChI=1S/C19H16N2O7S/c22-16(20-9-13-5-3-7-27-13)10-21-18(25)15(29-19(21)26)8-12-4-1-2-6-14(12)28-11-17(23)24/h1-8H,9-11H2,(H,20,22)(H,23,24)/b15-8-. The number of carboxylic acid groups (broad SMARTS) is 1. The van der Waals surface area contributed by atoms with Gasteiger partial charge in [0.2, 0.25) is 5.91 Å². The van der Waals surface area contributed by atoms with E-state index in [0.29, 0.717) is 23.1 Å². The van der Waals surface area contributed by atoms with Crippen LogP contribution in [0, 0.1) is 0 Å². The van der Waals surface area contributed by atoms with Crippen LogP contribution in [0.2, 0.25) is 0 Å². The molecule has 2 aromatic rings. The Hall–Kier alpha value is -3.53. The summed E-state index contributed by atoms with van der Waals surface area (Å²) < 4.78 is 10.3. The third kappa shape index (κ3) is 5.26. The van der Waals surface area contributed by atoms with E-state index in [0.717, 1.165) is 4.90 Å². The topological polar surface area (TPSA) is 126 Å². The zero-order valence-corrected chi connectivity index (χ0v) is 15.8. The predicted molar refractivity (Wildman–Crippen MR) is 103 cm³/mol. The Balaban J connectivity index is 1.67. The van der Waals surface area contributed by atoms with E-state index in [2.05, 4.69) is 5.32 Å². The van der Waals surface area contributed by atoms with Crippen LogP contribution in [-0.4, -0.2) is 46.2 Å². The number of benzene rings is 1. The monoisotopic (exact) mass is 416 g/mol. The van der Waals surface area contributed by atoms with Crippen molar-refractivity contribution in [2.45, 2.75) is 6.54 Å². The van der Waals surface area contributed by atoms with Crippen molar-refractivity contribution >= 4 is 40.9 Å². The number of furan rings is 1. The first kappa shape index (κ1) is 20.2. The van der Waals surface area contributed by atoms with Crippen LogP contribution in [0.5, 0.6) is 5.75 Å². The second-order valence-corrected chi connectivity index (χ2v) is 6.84. The second-order valence-electron chi connectivity index (χ2n) is 5.84. The van der Waals surface area contributed by atoms with Crippen LogP contribution >= 0.6 is 11.8 Å². The van der Waals surface area contributed by atoms with Crippen molar-refractivity contribution in [3.63, 3.8) is 0 Å². The van der Waals surface area contributed by atoms with Crippen molar-refractivity contribution in [1.29, 1.82) is 0 Å². The predicted octanol–water partition coefficient (Wildman–Crippen LogP) is 2.10. The van der Waals surface area contributed by atoms with Gasteiger partial charge in [-0.2, -0.15) is 0 Å². The zero-order chi connectivity index (χ0) is 20.8. The van der Waals surface area contributed by atoms with Crippen molar-refractivity contribution in [3.8, 4) is 5.75 Å². The number of nitrogens with zero attached hydrogens (tertiary/aromatic N) is 1. The van der Waals surface area contributed by atoms with E-state index < -0.39 is 36.2 Å². The van der Waals surface area contributed by atoms with E-state index in [9.17, 15) is 19.2 Å². The Morgan fingerprint density at radius 1 is 1.21 bits per heavy atom. The minimum absolute atomic E-state index is 0.111. The fraction of sp³-hybridized carbons (Fsp3) is 0.158. The van der Waals surface area contributed by atoms with Gasteiger partial charge in [-0.1, -0.05) is 18.2 Å². The van der Waals surface area contributed by atoms with Crippen molar-refractivity contribution < 1.29 is 33.4 Å². The molecule has 2 N–H and O–H groups in total. The largest absolute Gasteiger partial charge is 0.481 e. The van der Waals surface area contributed by atoms with E-state index in [1.807, 2.05) is 0 Å². The molecule has 29 heavy (non-hydrogen) atoms. The molecule has 1 aliphatic rings. The highest BCUT2D eigenvalue weighted by Crippen LogP contribution is 2.33. The average molecular weight is 416 g/mol. The van der Waals surface area contributed by atoms with Gasteiger partial charge in [0.25, 0.3) is 11.1 Å². The average Bonchev–Trinajstić information content (AvgIpc) is 3.30. The normalized spacial score (nSPS) is 15.0. The highest BCUT2D eigenvalue weighted by atomic mass is 32.2. The first-order chi connectivity index (χ1) is 13.9. The lowest BCUT2D eigenvalue weighted by atomic mass is 10.2. The molecule has 10 heteroatoms. The zero-order valence-electron chi connectivity index (χ0n) is 15.0. The number of amides is 3. The molecular formula is C19H16N2O7S. The van der Waals surface area contributed by atoms with Crippen LogP contribution in [0.1, 0.15) is 11.3 Å². The maximum absolute atomic E-state index is 12.5. The maximum atomic E-state index is 12.5. The number of aliphatic carboxylic acids is 1. The van der Waals surface area contributed by atoms with E-state index in [1.54, 1.807) is 36.4 Å². The van der Waals surface area contributed by atoms with E-state index in [-0.39, 0.29) is 17.2 Å². The first-order valence-electron chi connectivity index (χ1n) is 8.42. The van der Waals surface area contributed by atoms with Crippen LogP contribution < -0.4 is 10.1 Å². The summed E-state index contributed by atoms with van der Waals surface area (Å²) in [4.78, 5) is 48.4. The van der Waals surface area contributed by atoms with Gasteiger partial charge in [0, 0.05) is 5.56 Å². The fourth-order valence-corrected chi connectivity index (χ4v) is 3.28. The molecule has 0 bridgehead atoms. The number of hydrogen-bond acceptors (Lipinski definition) is 7. The van der Waals surface area contributed by atoms with Gasteiger partial charge in [-0.3, -0.25) is 19.3 Å². The van der Waals surface area contributed by atoms with Gasteiger partial charge in [0.05, 0.1) is 17.7 Å². The molecule has 9 nitrogen and oxygen atoms in total. The number of carbonyl (C=O) groups excluding carboxylic acids is 3. The van der Waals surface area contributed by atoms with Crippen molar-refractivity contribution in [1.82, 2.24) is 10.2 Å². The Labute approximate surface area is 169 Å². The minimum Gasteiger partial charge on any atom is -0.481 e. The molecular weight excluding hydrogens is 400 g/mol. The lowest BCUT2D eigenvalue weighted by Gasteiger charge is -2.12. The van der Waals surface area contributed by atoms with E-state index in [4.69, 9.17) is 14.3 Å². The van der Waals surface area contributed by atoms with Gasteiger partial charge in [-0.15, -0.1) is 0 Å². The molecule has 3 amide bonds. The molecule has 1 aliphatic heterocycles. The molecule has 150 valence electrons. The number of thioether (sulfide) groups is 1. The van der Waals surface area contributed by atoms with Gasteiger partial charge in [-0.25, -0.2) is 4.79 Å². The lowest BCUT2D eigenvalue weighted by Crippen LogP contribution is -2.39. The molecule has 0 unspecified atom stereocenters. The molecule has 1 aromatic heterocycles. The van der Waals surface area contributed by atoms with Crippen molar-refractivity contribution in [3.05, 3.63) is 58.9 Å². The van der Waals surface area contributed by atoms with E-state index in [1.165, 1.54) is 12.3 Å². The summed E-state index contributed by atoms with van der Waals surface area (Å²) in [7, 11) is 0. The summed E-state index contributed by atoms with van der Waals surface area (Å²) in [6.45, 7) is -0.811. The molecule has 3 rings (SSSR count). The lowest BCUT2D eigenvalue weighted by molar-refractivity contribution is -0.139. The summed E-state index contributed by atoms with van der Waals surface area (Å²) >= 11 is 0.696. The Kier molecular flexibility index (Phi) is 6.35. The maximum Gasteiger partial charge on any atom is 0.341 e. The SMILES string of the molecule is O=C(O)COc1ccccc1/C=C1\SC(=O)N(CC(=O)NCc2ccco2)C1=O. The second kappa shape index (κ2) is 9.11. The number of imide groups is 1. The van der Waals surface area contributed by atoms with Crippen LogP contribution in [0.15, 0.2) is 52.0 Å². The van der Waals surface area contributed by atoms with E-state index >= 15 is 0 Å². The molecule has 0 aliphatic carbocycles. The van der Waals surface area contributed by atoms with Gasteiger partial charge < -0.3 is 19.6 Å². The van der Waals surface area contributed by atoms with Crippen molar-refractivity contribution in [2.24, 2.45) is 0 Å². The molecule has 0 spiro atoms. The highest BCUT2D eigenvalue weighted by Gasteiger charge is 2.36. The van der Waals surface area contributed by atoms with Crippen LogP contribution in [0.4, 0.5) is 4.79 Å². The summed E-state index contributed by atoms with van der Waals surface area (Å²) in [5.41, 5.74) is 0.446. The van der Waals surface area contributed by atoms with Crippen LogP contribution in [0.3, 0.4) is 0 Å². The number of ether oxygens (including phenoxy) is 1. The minimum atomic E-state index is -1.14. The highest BCUT2D eigenvalue weighted by molar-refractivity contribution is 8.18. The van der Waals surface area contributed by atoms with Crippen LogP contribution in [0.25, 0.3) is 6.08 Å². The summed E-state index contributed by atoms with van der Waals surface area (Å²) in [6.07, 6.45) is 2.91. The van der Waals surface area contributed by atoms with Gasteiger partial charge in [-0.05, 0) is 36.0 Å². The number of nitrogens with one attached hydrogen (secondary N) is 1. The smallest absolute Gasteiger partial charge is 0.341 e. The summed E-state index contributed by atoms with van der Waals surface area (Å²) in [5.74, 6) is -1.44. The first-order valence-corrected chi connectivity index (χ1v) is 9.24. The molecule has 1 saturated heterocycles. The molecule has 0 saturated carbocycles. The molecule has 1 aromatic carbocycles. The summed E-state index contributed by atoms with van der Waals surface area (Å²) in [5, 5.41) is 10.8. The fourth-order valence-electron chi connectivity index (χ4n) is 2.45. The Morgan fingerprint density at radius 2 is 2.00 bits per heavy atom. The third-order valence-corrected chi connectivity index (χ3v) is 4.68. The number of carbonyl (C=O) groups is 4.